The lowest BCUT2D eigenvalue weighted by Crippen LogP contribution is -1.99. The number of hydrogen-bond donors (Lipinski definition) is 0. The van der Waals surface area contributed by atoms with Gasteiger partial charge in [0.25, 0.3) is 6.71 Å². The molecule has 1 aromatic carbocycles. The Balaban J connectivity index is 3.24. The molecule has 0 aliphatic heterocycles. The Bertz CT molecular complexity index is 670. The first-order chi connectivity index (χ1) is 12.5. The van der Waals surface area contributed by atoms with Gasteiger partial charge in [0.05, 0.1) is 23.9 Å². The van der Waals surface area contributed by atoms with Crippen molar-refractivity contribution in [2.45, 2.75) is 34.1 Å². The number of rotatable bonds is 9. The minimum Gasteiger partial charge on any atom is -0.319 e. The van der Waals surface area contributed by atoms with Crippen molar-refractivity contribution in [3.63, 3.8) is 0 Å². The number of nitriles is 1. The van der Waals surface area contributed by atoms with E-state index in [4.69, 9.17) is 19.1 Å². The third-order valence-corrected chi connectivity index (χ3v) is 8.81. The second-order valence-electron chi connectivity index (χ2n) is 5.76. The van der Waals surface area contributed by atoms with E-state index >= 15 is 0 Å². The average Bonchev–Trinajstić information content (AvgIpc) is 2.64. The molecule has 0 N–H and O–H groups in total. The fourth-order valence-electron chi connectivity index (χ4n) is 1.73. The molecule has 0 aromatic heterocycles. The minimum absolute atomic E-state index is 0.521. The molecule has 8 heteroatoms. The van der Waals surface area contributed by atoms with Crippen LogP contribution in [0.3, 0.4) is 0 Å². The summed E-state index contributed by atoms with van der Waals surface area (Å²) < 4.78 is 16.7. The predicted octanol–water partition coefficient (Wildman–Crippen LogP) is 6.71. The van der Waals surface area contributed by atoms with Crippen LogP contribution in [-0.2, 0) is 9.05 Å². The molecule has 1 unspecified atom stereocenters. The first-order valence-corrected chi connectivity index (χ1v) is 12.8. The maximum Gasteiger partial charge on any atom is 0.279 e. The zero-order valence-electron chi connectivity index (χ0n) is 16.1. The Hall–Kier alpha value is -0.770. The Kier molecular flexibility index (Phi) is 11.3. The molecule has 0 spiro atoms. The third-order valence-electron chi connectivity index (χ3n) is 2.96. The van der Waals surface area contributed by atoms with Crippen LogP contribution in [0.25, 0.3) is 0 Å². The molecule has 0 saturated heterocycles. The van der Waals surface area contributed by atoms with Crippen LogP contribution in [0.2, 0.25) is 0 Å². The van der Waals surface area contributed by atoms with Gasteiger partial charge in [-0.05, 0) is 42.4 Å². The van der Waals surface area contributed by atoms with Crippen molar-refractivity contribution >= 4 is 40.7 Å². The van der Waals surface area contributed by atoms with E-state index in [9.17, 15) is 0 Å². The molecule has 0 aliphatic carbocycles. The highest BCUT2D eigenvalue weighted by atomic mass is 32.7. The molecule has 0 radical (unpaired) electrons. The topological polar surface area (TPSA) is 67.0 Å². The maximum atomic E-state index is 8.93. The van der Waals surface area contributed by atoms with Crippen molar-refractivity contribution < 1.29 is 9.05 Å². The van der Waals surface area contributed by atoms with Crippen molar-refractivity contribution in [1.29, 1.82) is 5.26 Å². The van der Waals surface area contributed by atoms with Crippen LogP contribution < -0.4 is 0 Å². The lowest BCUT2D eigenvalue weighted by atomic mass is 10.2. The maximum absolute atomic E-state index is 8.93. The first-order valence-electron chi connectivity index (χ1n) is 8.67. The molecule has 144 valence electrons. The van der Waals surface area contributed by atoms with Crippen LogP contribution in [0.1, 0.15) is 39.7 Å². The summed E-state index contributed by atoms with van der Waals surface area (Å²) in [6, 6.07) is 9.28. The molecule has 0 fully saturated rings. The van der Waals surface area contributed by atoms with E-state index in [-0.39, 0.29) is 0 Å². The largest absolute Gasteiger partial charge is 0.319 e. The van der Waals surface area contributed by atoms with Gasteiger partial charge >= 0.3 is 0 Å². The quantitative estimate of drug-likeness (QED) is 0.256. The summed E-state index contributed by atoms with van der Waals surface area (Å²) in [4.78, 5) is 4.65. The highest BCUT2D eigenvalue weighted by molar-refractivity contribution is 8.56. The number of aliphatic imine (C=N–C) groups is 1. The van der Waals surface area contributed by atoms with Crippen LogP contribution in [0.15, 0.2) is 34.0 Å². The van der Waals surface area contributed by atoms with E-state index in [1.54, 1.807) is 42.4 Å². The van der Waals surface area contributed by atoms with E-state index in [0.29, 0.717) is 23.3 Å². The molecule has 0 amide bonds. The van der Waals surface area contributed by atoms with Gasteiger partial charge < -0.3 is 9.05 Å². The van der Waals surface area contributed by atoms with Gasteiger partial charge in [-0.1, -0.05) is 50.8 Å². The van der Waals surface area contributed by atoms with Gasteiger partial charge in [0.2, 0.25) is 0 Å². The first kappa shape index (κ1) is 23.3. The van der Waals surface area contributed by atoms with Crippen LogP contribution >= 0.6 is 29.9 Å². The molecular formula is C18H28N3O2PS2. The Morgan fingerprint density at radius 2 is 1.96 bits per heavy atom. The highest BCUT2D eigenvalue weighted by Crippen LogP contribution is 2.64. The minimum atomic E-state index is -2.45. The monoisotopic (exact) mass is 413 g/mol. The fourth-order valence-corrected chi connectivity index (χ4v) is 7.13. The normalized spacial score (nSPS) is 14.1. The van der Waals surface area contributed by atoms with E-state index in [1.165, 1.54) is 0 Å². The molecule has 0 saturated carbocycles. The zero-order chi connectivity index (χ0) is 19.4. The van der Waals surface area contributed by atoms with Gasteiger partial charge in [-0.3, -0.25) is 0 Å². The van der Waals surface area contributed by atoms with Crippen molar-refractivity contribution in [2.24, 2.45) is 15.7 Å². The number of benzene rings is 1. The van der Waals surface area contributed by atoms with Gasteiger partial charge in [-0.25, -0.2) is 4.99 Å². The van der Waals surface area contributed by atoms with Gasteiger partial charge in [-0.2, -0.15) is 10.0 Å². The molecule has 0 aliphatic rings. The smallest absolute Gasteiger partial charge is 0.279 e. The summed E-state index contributed by atoms with van der Waals surface area (Å²) in [5.41, 5.74) is 1.38. The molecule has 1 atom stereocenters. The second-order valence-corrected chi connectivity index (χ2v) is 11.5. The van der Waals surface area contributed by atoms with E-state index in [0.717, 1.165) is 23.6 Å². The van der Waals surface area contributed by atoms with Crippen molar-refractivity contribution in [3.8, 4) is 6.07 Å². The van der Waals surface area contributed by atoms with Crippen LogP contribution in [0, 0.1) is 17.2 Å². The molecular weight excluding hydrogens is 385 g/mol. The second kappa shape index (κ2) is 12.6. The van der Waals surface area contributed by atoms with Gasteiger partial charge in [0.15, 0.2) is 5.17 Å². The molecule has 0 bridgehead atoms. The fraction of sp³-hybridized carbons (Fsp3) is 0.556. The highest BCUT2D eigenvalue weighted by Gasteiger charge is 2.23. The van der Waals surface area contributed by atoms with Crippen LogP contribution in [-0.4, -0.2) is 30.4 Å². The number of amidine groups is 1. The Labute approximate surface area is 165 Å². The van der Waals surface area contributed by atoms with Crippen LogP contribution in [0.4, 0.5) is 5.69 Å². The summed E-state index contributed by atoms with van der Waals surface area (Å²) >= 11 is 3.21. The van der Waals surface area contributed by atoms with Crippen molar-refractivity contribution in [2.75, 3.05) is 25.2 Å². The zero-order valence-corrected chi connectivity index (χ0v) is 18.7. The Morgan fingerprint density at radius 3 is 2.46 bits per heavy atom. The van der Waals surface area contributed by atoms with Gasteiger partial charge in [-0.15, -0.1) is 0 Å². The van der Waals surface area contributed by atoms with Crippen molar-refractivity contribution in [1.82, 2.24) is 0 Å². The summed E-state index contributed by atoms with van der Waals surface area (Å²) in [5.74, 6) is 2.29. The molecule has 0 heterocycles. The summed E-state index contributed by atoms with van der Waals surface area (Å²) in [6.07, 6.45) is 0.909. The molecule has 1 rings (SSSR count). The molecule has 1 aromatic rings. The number of hydrogen-bond acceptors (Lipinski definition) is 6. The Morgan fingerprint density at radius 1 is 1.27 bits per heavy atom. The number of thioether (sulfide) groups is 1. The van der Waals surface area contributed by atoms with Gasteiger partial charge in [0.1, 0.15) is 0 Å². The standard InChI is InChI=1S/C18H28N3O2PS2/c1-6-12-23-24(22-5,26-14-15(3)4)21-18(25-7-2)20-17-10-8-16(13-19)9-11-17/h8-11,15H,6-7,12,14H2,1-5H3. The molecule has 26 heavy (non-hydrogen) atoms. The SMILES string of the molecule is CCCOP(=NC(=Nc1ccc(C#N)cc1)SCC)(OC)SCC(C)C. The van der Waals surface area contributed by atoms with E-state index in [1.807, 2.05) is 12.1 Å². The lowest BCUT2D eigenvalue weighted by Gasteiger charge is -2.22. The summed E-state index contributed by atoms with van der Waals surface area (Å²) in [6.45, 7) is 6.64. The predicted molar refractivity (Wildman–Crippen MR) is 116 cm³/mol. The molecule has 5 nitrogen and oxygen atoms in total. The van der Waals surface area contributed by atoms with E-state index < -0.39 is 6.71 Å². The van der Waals surface area contributed by atoms with Crippen molar-refractivity contribution in [3.05, 3.63) is 29.8 Å². The van der Waals surface area contributed by atoms with Gasteiger partial charge in [0, 0.05) is 12.9 Å². The summed E-state index contributed by atoms with van der Waals surface area (Å²) in [7, 11) is 1.66. The number of nitrogens with zero attached hydrogens (tertiary/aromatic N) is 3. The van der Waals surface area contributed by atoms with E-state index in [2.05, 4.69) is 38.8 Å². The lowest BCUT2D eigenvalue weighted by molar-refractivity contribution is 0.287. The third kappa shape index (κ3) is 8.28. The van der Waals surface area contributed by atoms with Crippen LogP contribution in [0.5, 0.6) is 0 Å². The average molecular weight is 414 g/mol. The summed E-state index contributed by atoms with van der Waals surface area (Å²) in [5, 5.41) is 9.58.